The number of carbonyl (C=O) groups is 1. The van der Waals surface area contributed by atoms with Crippen LogP contribution in [0.5, 0.6) is 0 Å². The normalized spacial score (nSPS) is 17.7. The molecule has 2 atom stereocenters. The molecule has 1 aliphatic rings. The molecule has 2 aromatic heterocycles. The van der Waals surface area contributed by atoms with E-state index in [4.69, 9.17) is 13.9 Å². The number of nitrogens with zero attached hydrogens (tertiary/aromatic N) is 4. The van der Waals surface area contributed by atoms with Crippen LogP contribution in [0.3, 0.4) is 0 Å². The van der Waals surface area contributed by atoms with Crippen molar-refractivity contribution < 1.29 is 45.0 Å². The molecule has 0 radical (unpaired) electrons. The molecular formula is C35H41F6N5O4. The summed E-state index contributed by atoms with van der Waals surface area (Å²) in [6.45, 7) is 15.4. The number of anilines is 2. The molecule has 9 nitrogen and oxygen atoms in total. The van der Waals surface area contributed by atoms with Gasteiger partial charge in [-0.25, -0.2) is 9.78 Å². The lowest BCUT2D eigenvalue weighted by Gasteiger charge is -2.32. The van der Waals surface area contributed by atoms with E-state index in [9.17, 15) is 18.0 Å². The third kappa shape index (κ3) is 8.84. The molecule has 50 heavy (non-hydrogen) atoms. The molecule has 1 saturated heterocycles. The SMILES string of the molecule is C=CCCC(OCc1ccccc1)(c1nnc(-c2nc(N3CC(C)(C)CC3CC=C)c(C(F)(F)F)cc2NC(=O)OC(C)(C)C)o1)C(F)(F)F. The van der Waals surface area contributed by atoms with Gasteiger partial charge >= 0.3 is 18.4 Å². The standard InChI is InChI=1S/C35H41F6N5O4/c1-8-10-17-33(35(39,40)41,48-20-22-15-12-11-13-16-22)29-45-44-28(49-29)26-25(42-30(47)50-31(3,4)5)18-24(34(36,37)38)27(43-26)46-21-32(6,7)19-23(46)14-9-2/h8-9,11-13,15-16,18,23H,1-2,10,14,17,19-21H2,3-7H3,(H,42,47). The average Bonchev–Trinajstić information content (AvgIpc) is 3.60. The quantitative estimate of drug-likeness (QED) is 0.147. The van der Waals surface area contributed by atoms with Gasteiger partial charge < -0.3 is 18.8 Å². The molecule has 1 aromatic carbocycles. The summed E-state index contributed by atoms with van der Waals surface area (Å²) in [5, 5.41) is 9.79. The monoisotopic (exact) mass is 709 g/mol. The summed E-state index contributed by atoms with van der Waals surface area (Å²) in [6, 6.07) is 8.33. The number of benzene rings is 1. The Kier molecular flexibility index (Phi) is 11.1. The minimum absolute atomic E-state index is 0.168. The van der Waals surface area contributed by atoms with Crippen LogP contribution in [0.4, 0.5) is 42.6 Å². The molecule has 1 aliphatic heterocycles. The lowest BCUT2D eigenvalue weighted by molar-refractivity contribution is -0.299. The number of allylic oxidation sites excluding steroid dienone is 1. The Morgan fingerprint density at radius 1 is 1.08 bits per heavy atom. The predicted octanol–water partition coefficient (Wildman–Crippen LogP) is 9.62. The number of aromatic nitrogens is 3. The number of carbonyl (C=O) groups excluding carboxylic acids is 1. The second kappa shape index (κ2) is 14.4. The van der Waals surface area contributed by atoms with Crippen molar-refractivity contribution in [2.75, 3.05) is 16.8 Å². The molecule has 1 amide bonds. The number of hydrogen-bond donors (Lipinski definition) is 1. The Morgan fingerprint density at radius 3 is 2.34 bits per heavy atom. The smallest absolute Gasteiger partial charge is 0.426 e. The molecule has 2 unspecified atom stereocenters. The number of ether oxygens (including phenoxy) is 2. The van der Waals surface area contributed by atoms with Crippen LogP contribution in [0.15, 0.2) is 66.1 Å². The maximum Gasteiger partial charge on any atom is 0.426 e. The summed E-state index contributed by atoms with van der Waals surface area (Å²) in [5.41, 5.74) is -6.43. The number of nitrogens with one attached hydrogen (secondary N) is 1. The van der Waals surface area contributed by atoms with Gasteiger partial charge in [-0.05, 0) is 63.5 Å². The molecular weight excluding hydrogens is 668 g/mol. The zero-order valence-corrected chi connectivity index (χ0v) is 28.5. The first-order valence-corrected chi connectivity index (χ1v) is 15.9. The lowest BCUT2D eigenvalue weighted by Crippen LogP contribution is -2.45. The molecule has 4 rings (SSSR count). The summed E-state index contributed by atoms with van der Waals surface area (Å²) in [7, 11) is 0. The first-order chi connectivity index (χ1) is 23.2. The van der Waals surface area contributed by atoms with Gasteiger partial charge in [0.1, 0.15) is 17.0 Å². The van der Waals surface area contributed by atoms with Gasteiger partial charge in [0.25, 0.3) is 11.8 Å². The van der Waals surface area contributed by atoms with Gasteiger partial charge in [0, 0.05) is 12.6 Å². The fourth-order valence-electron chi connectivity index (χ4n) is 5.81. The molecule has 1 N–H and O–H groups in total. The Bertz CT molecular complexity index is 1670. The number of alkyl halides is 6. The van der Waals surface area contributed by atoms with Crippen LogP contribution < -0.4 is 10.2 Å². The number of hydrogen-bond acceptors (Lipinski definition) is 8. The van der Waals surface area contributed by atoms with Crippen molar-refractivity contribution in [2.24, 2.45) is 5.41 Å². The summed E-state index contributed by atoms with van der Waals surface area (Å²) in [5.74, 6) is -2.21. The number of amides is 1. The van der Waals surface area contributed by atoms with E-state index in [1.165, 1.54) is 11.0 Å². The molecule has 15 heteroatoms. The zero-order chi connectivity index (χ0) is 37.1. The molecule has 1 fully saturated rings. The van der Waals surface area contributed by atoms with Crippen LogP contribution in [-0.2, 0) is 27.9 Å². The Balaban J connectivity index is 1.94. The van der Waals surface area contributed by atoms with E-state index in [1.807, 2.05) is 13.8 Å². The predicted molar refractivity (Wildman–Crippen MR) is 175 cm³/mol. The van der Waals surface area contributed by atoms with Gasteiger partial charge in [-0.2, -0.15) is 26.3 Å². The zero-order valence-electron chi connectivity index (χ0n) is 28.5. The van der Waals surface area contributed by atoms with Crippen LogP contribution in [0.1, 0.15) is 77.3 Å². The van der Waals surface area contributed by atoms with Crippen molar-refractivity contribution in [1.82, 2.24) is 15.2 Å². The summed E-state index contributed by atoms with van der Waals surface area (Å²) in [6.07, 6.45) is -8.37. The maximum absolute atomic E-state index is 15.0. The van der Waals surface area contributed by atoms with Crippen molar-refractivity contribution in [2.45, 2.75) is 96.5 Å². The van der Waals surface area contributed by atoms with Gasteiger partial charge in [0.2, 0.25) is 5.60 Å². The van der Waals surface area contributed by atoms with Crippen LogP contribution in [0.2, 0.25) is 0 Å². The average molecular weight is 710 g/mol. The van der Waals surface area contributed by atoms with Crippen LogP contribution in [0.25, 0.3) is 11.6 Å². The van der Waals surface area contributed by atoms with Crippen LogP contribution in [0, 0.1) is 5.41 Å². The van der Waals surface area contributed by atoms with Gasteiger partial charge in [0.05, 0.1) is 12.3 Å². The van der Waals surface area contributed by atoms with E-state index < -0.39 is 88.7 Å². The second-order valence-electron chi connectivity index (χ2n) is 13.9. The molecule has 0 bridgehead atoms. The highest BCUT2D eigenvalue weighted by atomic mass is 19.4. The third-order valence-electron chi connectivity index (χ3n) is 7.94. The van der Waals surface area contributed by atoms with Gasteiger partial charge in [-0.1, -0.05) is 56.3 Å². The van der Waals surface area contributed by atoms with Crippen molar-refractivity contribution in [3.8, 4) is 11.6 Å². The van der Waals surface area contributed by atoms with Crippen LogP contribution >= 0.6 is 0 Å². The summed E-state index contributed by atoms with van der Waals surface area (Å²) >= 11 is 0. The Labute approximate surface area is 286 Å². The van der Waals surface area contributed by atoms with E-state index >= 15 is 13.2 Å². The molecule has 0 aliphatic carbocycles. The molecule has 272 valence electrons. The molecule has 0 saturated carbocycles. The van der Waals surface area contributed by atoms with E-state index in [0.29, 0.717) is 24.5 Å². The van der Waals surface area contributed by atoms with Crippen molar-refractivity contribution in [3.63, 3.8) is 0 Å². The lowest BCUT2D eigenvalue weighted by atomic mass is 9.90. The summed E-state index contributed by atoms with van der Waals surface area (Å²) in [4.78, 5) is 18.7. The van der Waals surface area contributed by atoms with E-state index in [1.54, 1.807) is 57.2 Å². The molecule has 3 aromatic rings. The summed E-state index contributed by atoms with van der Waals surface area (Å²) < 4.78 is 106. The van der Waals surface area contributed by atoms with Crippen molar-refractivity contribution >= 4 is 17.6 Å². The third-order valence-corrected chi connectivity index (χ3v) is 7.94. The number of pyridine rings is 1. The van der Waals surface area contributed by atoms with Crippen molar-refractivity contribution in [3.05, 3.63) is 78.7 Å². The second-order valence-corrected chi connectivity index (χ2v) is 13.9. The molecule has 3 heterocycles. The fraction of sp³-hybridized carbons (Fsp3) is 0.486. The van der Waals surface area contributed by atoms with E-state index in [0.717, 1.165) is 0 Å². The van der Waals surface area contributed by atoms with Crippen LogP contribution in [-0.4, -0.2) is 45.6 Å². The Hall–Kier alpha value is -4.40. The van der Waals surface area contributed by atoms with Gasteiger partial charge in [-0.15, -0.1) is 23.4 Å². The highest BCUT2D eigenvalue weighted by Crippen LogP contribution is 2.48. The van der Waals surface area contributed by atoms with Gasteiger partial charge in [-0.3, -0.25) is 5.32 Å². The van der Waals surface area contributed by atoms with Crippen molar-refractivity contribution in [1.29, 1.82) is 0 Å². The highest BCUT2D eigenvalue weighted by Gasteiger charge is 2.61. The molecule has 0 spiro atoms. The number of rotatable bonds is 12. The highest BCUT2D eigenvalue weighted by molar-refractivity contribution is 5.90. The van der Waals surface area contributed by atoms with E-state index in [-0.39, 0.29) is 13.0 Å². The van der Waals surface area contributed by atoms with Gasteiger partial charge in [0.15, 0.2) is 5.69 Å². The topological polar surface area (TPSA) is 103 Å². The van der Waals surface area contributed by atoms with E-state index in [2.05, 4.69) is 33.7 Å². The first kappa shape index (κ1) is 38.4. The Morgan fingerprint density at radius 2 is 1.76 bits per heavy atom. The minimum Gasteiger partial charge on any atom is -0.444 e. The minimum atomic E-state index is -5.09. The fourth-order valence-corrected chi connectivity index (χ4v) is 5.81. The first-order valence-electron chi connectivity index (χ1n) is 15.9. The number of halogens is 6. The maximum atomic E-state index is 15.0. The largest absolute Gasteiger partial charge is 0.444 e.